The molecule has 130 valence electrons. The van der Waals surface area contributed by atoms with Gasteiger partial charge in [-0.3, -0.25) is 9.78 Å². The third-order valence-electron chi connectivity index (χ3n) is 4.79. The van der Waals surface area contributed by atoms with Crippen LogP contribution in [0.4, 0.5) is 0 Å². The first-order valence-corrected chi connectivity index (χ1v) is 8.78. The Kier molecular flexibility index (Phi) is 4.40. The zero-order chi connectivity index (χ0) is 17.2. The van der Waals surface area contributed by atoms with Gasteiger partial charge in [0.2, 0.25) is 5.91 Å². The second kappa shape index (κ2) is 6.84. The van der Waals surface area contributed by atoms with Gasteiger partial charge in [-0.25, -0.2) is 0 Å². The Morgan fingerprint density at radius 1 is 1.36 bits per heavy atom. The Balaban J connectivity index is 1.48. The molecule has 1 fully saturated rings. The smallest absolute Gasteiger partial charge is 0.225 e. The highest BCUT2D eigenvalue weighted by Gasteiger charge is 2.29. The number of nitrogens with one attached hydrogen (secondary N) is 1. The lowest BCUT2D eigenvalue weighted by atomic mass is 10.0. The van der Waals surface area contributed by atoms with Gasteiger partial charge < -0.3 is 14.8 Å². The van der Waals surface area contributed by atoms with Crippen LogP contribution < -0.4 is 10.1 Å². The summed E-state index contributed by atoms with van der Waals surface area (Å²) in [6.07, 6.45) is 3.37. The van der Waals surface area contributed by atoms with Crippen molar-refractivity contribution >= 4 is 5.91 Å². The fraction of sp³-hybridized carbons (Fsp3) is 0.400. The van der Waals surface area contributed by atoms with Gasteiger partial charge in [-0.1, -0.05) is 12.1 Å². The van der Waals surface area contributed by atoms with Crippen LogP contribution in [-0.2, 0) is 16.0 Å². The number of carbonyl (C=O) groups excluding carboxylic acids is 1. The SMILES string of the molecule is Cc1cc2c(c(-c3ccccn3)c1)O[C@H](CNC(=O)[C@@H]1CCOC1)C2. The second-order valence-electron chi connectivity index (χ2n) is 6.77. The van der Waals surface area contributed by atoms with Gasteiger partial charge in [0, 0.05) is 24.8 Å². The van der Waals surface area contributed by atoms with E-state index in [4.69, 9.17) is 9.47 Å². The van der Waals surface area contributed by atoms with Gasteiger partial charge in [-0.15, -0.1) is 0 Å². The van der Waals surface area contributed by atoms with Crippen molar-refractivity contribution in [3.63, 3.8) is 0 Å². The van der Waals surface area contributed by atoms with E-state index in [9.17, 15) is 4.79 Å². The van der Waals surface area contributed by atoms with Crippen LogP contribution in [0.5, 0.6) is 5.75 Å². The molecule has 2 atom stereocenters. The summed E-state index contributed by atoms with van der Waals surface area (Å²) >= 11 is 0. The molecule has 0 bridgehead atoms. The summed E-state index contributed by atoms with van der Waals surface area (Å²) in [7, 11) is 0. The van der Waals surface area contributed by atoms with Crippen molar-refractivity contribution in [1.82, 2.24) is 10.3 Å². The molecule has 2 aliphatic rings. The van der Waals surface area contributed by atoms with Crippen LogP contribution in [0.25, 0.3) is 11.3 Å². The lowest BCUT2D eigenvalue weighted by molar-refractivity contribution is -0.125. The van der Waals surface area contributed by atoms with E-state index in [1.807, 2.05) is 18.2 Å². The molecule has 5 nitrogen and oxygen atoms in total. The van der Waals surface area contributed by atoms with Crippen molar-refractivity contribution in [2.24, 2.45) is 5.92 Å². The van der Waals surface area contributed by atoms with E-state index in [2.05, 4.69) is 29.4 Å². The Morgan fingerprint density at radius 3 is 3.04 bits per heavy atom. The maximum absolute atomic E-state index is 12.2. The van der Waals surface area contributed by atoms with Crippen LogP contribution in [0.1, 0.15) is 17.5 Å². The summed E-state index contributed by atoms with van der Waals surface area (Å²) in [6.45, 7) is 3.81. The van der Waals surface area contributed by atoms with E-state index in [0.29, 0.717) is 19.8 Å². The Labute approximate surface area is 147 Å². The molecule has 2 aliphatic heterocycles. The summed E-state index contributed by atoms with van der Waals surface area (Å²) in [5, 5.41) is 3.02. The highest BCUT2D eigenvalue weighted by molar-refractivity contribution is 5.79. The summed E-state index contributed by atoms with van der Waals surface area (Å²) in [5.41, 5.74) is 4.31. The van der Waals surface area contributed by atoms with Crippen molar-refractivity contribution in [3.05, 3.63) is 47.7 Å². The largest absolute Gasteiger partial charge is 0.487 e. The minimum absolute atomic E-state index is 0.0184. The van der Waals surface area contributed by atoms with E-state index in [-0.39, 0.29) is 17.9 Å². The molecule has 5 heteroatoms. The van der Waals surface area contributed by atoms with Crippen molar-refractivity contribution in [2.75, 3.05) is 19.8 Å². The molecule has 1 aromatic carbocycles. The van der Waals surface area contributed by atoms with Crippen LogP contribution in [0.2, 0.25) is 0 Å². The average Bonchev–Trinajstić information content (AvgIpc) is 3.29. The molecule has 0 unspecified atom stereocenters. The topological polar surface area (TPSA) is 60.5 Å². The third kappa shape index (κ3) is 3.37. The summed E-state index contributed by atoms with van der Waals surface area (Å²) in [4.78, 5) is 16.6. The minimum atomic E-state index is -0.0365. The van der Waals surface area contributed by atoms with Crippen LogP contribution >= 0.6 is 0 Å². The first kappa shape index (κ1) is 16.1. The molecule has 1 N–H and O–H groups in total. The number of rotatable bonds is 4. The number of ether oxygens (including phenoxy) is 2. The number of fused-ring (bicyclic) bond motifs is 1. The van der Waals surface area contributed by atoms with Gasteiger partial charge in [0.15, 0.2) is 0 Å². The lowest BCUT2D eigenvalue weighted by Crippen LogP contribution is -2.38. The van der Waals surface area contributed by atoms with Crippen LogP contribution in [0.15, 0.2) is 36.5 Å². The van der Waals surface area contributed by atoms with Gasteiger partial charge >= 0.3 is 0 Å². The molecule has 1 amide bonds. The van der Waals surface area contributed by atoms with E-state index in [1.54, 1.807) is 6.20 Å². The van der Waals surface area contributed by atoms with Gasteiger partial charge in [-0.2, -0.15) is 0 Å². The first-order chi connectivity index (χ1) is 12.2. The molecule has 0 spiro atoms. The maximum atomic E-state index is 12.2. The Hall–Kier alpha value is -2.40. The predicted molar refractivity (Wildman–Crippen MR) is 94.5 cm³/mol. The highest BCUT2D eigenvalue weighted by Crippen LogP contribution is 2.39. The number of hydrogen-bond acceptors (Lipinski definition) is 4. The van der Waals surface area contributed by atoms with E-state index in [0.717, 1.165) is 29.8 Å². The molecule has 1 saturated heterocycles. The Morgan fingerprint density at radius 2 is 2.28 bits per heavy atom. The first-order valence-electron chi connectivity index (χ1n) is 8.78. The highest BCUT2D eigenvalue weighted by atomic mass is 16.5. The molecule has 4 rings (SSSR count). The summed E-state index contributed by atoms with van der Waals surface area (Å²) in [6, 6.07) is 10.2. The van der Waals surface area contributed by atoms with Crippen LogP contribution in [0.3, 0.4) is 0 Å². The summed E-state index contributed by atoms with van der Waals surface area (Å²) < 4.78 is 11.5. The van der Waals surface area contributed by atoms with Gasteiger partial charge in [0.25, 0.3) is 0 Å². The molecule has 0 radical (unpaired) electrons. The zero-order valence-electron chi connectivity index (χ0n) is 14.3. The monoisotopic (exact) mass is 338 g/mol. The minimum Gasteiger partial charge on any atom is -0.487 e. The fourth-order valence-electron chi connectivity index (χ4n) is 3.52. The number of hydrogen-bond donors (Lipinski definition) is 1. The maximum Gasteiger partial charge on any atom is 0.225 e. The average molecular weight is 338 g/mol. The van der Waals surface area contributed by atoms with Crippen molar-refractivity contribution in [2.45, 2.75) is 25.9 Å². The number of carbonyl (C=O) groups is 1. The number of amides is 1. The molecule has 0 saturated carbocycles. The predicted octanol–water partition coefficient (Wildman–Crippen LogP) is 2.51. The molecule has 0 aliphatic carbocycles. The molecule has 2 aromatic rings. The third-order valence-corrected chi connectivity index (χ3v) is 4.79. The fourth-order valence-corrected chi connectivity index (χ4v) is 3.52. The van der Waals surface area contributed by atoms with Crippen molar-refractivity contribution in [3.8, 4) is 17.0 Å². The second-order valence-corrected chi connectivity index (χ2v) is 6.77. The number of nitrogens with zero attached hydrogens (tertiary/aromatic N) is 1. The lowest BCUT2D eigenvalue weighted by Gasteiger charge is -2.15. The number of pyridine rings is 1. The van der Waals surface area contributed by atoms with Crippen molar-refractivity contribution < 1.29 is 14.3 Å². The number of aryl methyl sites for hydroxylation is 1. The van der Waals surface area contributed by atoms with E-state index in [1.165, 1.54) is 11.1 Å². The van der Waals surface area contributed by atoms with Gasteiger partial charge in [0.05, 0.1) is 24.8 Å². The van der Waals surface area contributed by atoms with Crippen LogP contribution in [0, 0.1) is 12.8 Å². The normalized spacial score (nSPS) is 21.6. The molecule has 3 heterocycles. The van der Waals surface area contributed by atoms with E-state index < -0.39 is 0 Å². The van der Waals surface area contributed by atoms with Crippen molar-refractivity contribution in [1.29, 1.82) is 0 Å². The van der Waals surface area contributed by atoms with Gasteiger partial charge in [0.1, 0.15) is 11.9 Å². The summed E-state index contributed by atoms with van der Waals surface area (Å²) in [5.74, 6) is 0.945. The molecular formula is C20H22N2O3. The number of benzene rings is 1. The van der Waals surface area contributed by atoms with Gasteiger partial charge in [-0.05, 0) is 42.7 Å². The molecule has 1 aromatic heterocycles. The zero-order valence-corrected chi connectivity index (χ0v) is 14.3. The quantitative estimate of drug-likeness (QED) is 0.930. The molecule has 25 heavy (non-hydrogen) atoms. The molecular weight excluding hydrogens is 316 g/mol. The standard InChI is InChI=1S/C20H22N2O3/c1-13-8-15-10-16(11-22-20(23)14-5-7-24-12-14)25-19(15)17(9-13)18-4-2-3-6-21-18/h2-4,6,8-9,14,16H,5,7,10-12H2,1H3,(H,22,23)/t14-,16+/m1/s1. The van der Waals surface area contributed by atoms with Crippen LogP contribution in [-0.4, -0.2) is 36.8 Å². The van der Waals surface area contributed by atoms with E-state index >= 15 is 0 Å². The number of aromatic nitrogens is 1. The Bertz CT molecular complexity index is 770.